The van der Waals surface area contributed by atoms with Crippen LogP contribution < -0.4 is 0 Å². The van der Waals surface area contributed by atoms with Crippen LogP contribution in [0.5, 0.6) is 0 Å². The molecular formula is C38H63NO15. The van der Waals surface area contributed by atoms with Crippen molar-refractivity contribution in [3.63, 3.8) is 0 Å². The van der Waals surface area contributed by atoms with Crippen LogP contribution in [0, 0.1) is 11.8 Å². The van der Waals surface area contributed by atoms with Crippen molar-refractivity contribution < 1.29 is 73.1 Å². The van der Waals surface area contributed by atoms with E-state index < -0.39 is 122 Å². The summed E-state index contributed by atoms with van der Waals surface area (Å²) in [6.07, 6.45) is -7.84. The summed E-state index contributed by atoms with van der Waals surface area (Å²) in [5, 5.41) is 54.8. The number of aliphatic hydroxyl groups excluding tert-OH is 4. The van der Waals surface area contributed by atoms with E-state index in [2.05, 4.69) is 0 Å². The number of carbonyl (C=O) groups excluding carboxylic acids is 3. The predicted molar refractivity (Wildman–Crippen MR) is 193 cm³/mol. The largest absolute Gasteiger partial charge is 0.459 e. The summed E-state index contributed by atoms with van der Waals surface area (Å²) in [7, 11) is 4.80. The van der Waals surface area contributed by atoms with Gasteiger partial charge in [0.1, 0.15) is 49.0 Å². The van der Waals surface area contributed by atoms with E-state index >= 15 is 0 Å². The minimum Gasteiger partial charge on any atom is -0.459 e. The molecule has 0 bridgehead atoms. The maximum Gasteiger partial charge on any atom is 0.310 e. The van der Waals surface area contributed by atoms with Crippen molar-refractivity contribution in [3.05, 3.63) is 24.3 Å². The van der Waals surface area contributed by atoms with Gasteiger partial charge in [-0.2, -0.15) is 0 Å². The number of rotatable bonds is 10. The third kappa shape index (κ3) is 12.1. The van der Waals surface area contributed by atoms with E-state index in [1.54, 1.807) is 52.8 Å². The topological polar surface area (TPSA) is 220 Å². The molecule has 16 heteroatoms. The smallest absolute Gasteiger partial charge is 0.310 e. The van der Waals surface area contributed by atoms with Crippen LogP contribution in [0.15, 0.2) is 24.3 Å². The Labute approximate surface area is 318 Å². The molecule has 0 aromatic carbocycles. The van der Waals surface area contributed by atoms with Gasteiger partial charge in [0, 0.05) is 26.4 Å². The van der Waals surface area contributed by atoms with Gasteiger partial charge in [0.05, 0.1) is 42.5 Å². The van der Waals surface area contributed by atoms with Crippen LogP contribution in [0.1, 0.15) is 73.6 Å². The first kappa shape index (κ1) is 46.0. The highest BCUT2D eigenvalue weighted by molar-refractivity contribution is 5.72. The lowest BCUT2D eigenvalue weighted by Gasteiger charge is -2.50. The van der Waals surface area contributed by atoms with Crippen LogP contribution in [-0.2, 0) is 47.5 Å². The van der Waals surface area contributed by atoms with Crippen molar-refractivity contribution in [2.45, 2.75) is 165 Å². The molecule has 0 spiro atoms. The average molecular weight is 774 g/mol. The monoisotopic (exact) mass is 773 g/mol. The van der Waals surface area contributed by atoms with Gasteiger partial charge in [0.25, 0.3) is 0 Å². The lowest BCUT2D eigenvalue weighted by atomic mass is 9.82. The molecule has 3 heterocycles. The van der Waals surface area contributed by atoms with Gasteiger partial charge in [-0.05, 0) is 60.0 Å². The first-order valence-electron chi connectivity index (χ1n) is 18.8. The highest BCUT2D eigenvalue weighted by atomic mass is 16.7. The van der Waals surface area contributed by atoms with E-state index in [4.69, 9.17) is 33.2 Å². The first-order chi connectivity index (χ1) is 25.3. The molecule has 17 atom stereocenters. The van der Waals surface area contributed by atoms with E-state index in [0.29, 0.717) is 6.29 Å². The number of hydrogen-bond acceptors (Lipinski definition) is 16. The quantitative estimate of drug-likeness (QED) is 0.153. The number of esters is 2. The average Bonchev–Trinajstić information content (AvgIpc) is 3.09. The molecule has 3 rings (SSSR count). The third-order valence-electron chi connectivity index (χ3n) is 10.6. The Morgan fingerprint density at radius 1 is 0.963 bits per heavy atom. The molecule has 0 aromatic heterocycles. The zero-order valence-corrected chi connectivity index (χ0v) is 32.9. The van der Waals surface area contributed by atoms with Crippen LogP contribution in [0.2, 0.25) is 0 Å². The number of allylic oxidation sites excluding steroid dienone is 2. The molecule has 2 fully saturated rings. The molecule has 2 saturated heterocycles. The molecule has 0 saturated carbocycles. The number of likely N-dealkylation sites (N-methyl/N-ethyl adjacent to an activating group) is 1. The summed E-state index contributed by atoms with van der Waals surface area (Å²) in [6, 6.07) is -0.776. The zero-order valence-electron chi connectivity index (χ0n) is 32.9. The van der Waals surface area contributed by atoms with Gasteiger partial charge in [0.2, 0.25) is 0 Å². The number of hydrogen-bond donors (Lipinski definition) is 5. The number of nitrogens with zero attached hydrogens (tertiary/aromatic N) is 1. The normalized spacial score (nSPS) is 44.2. The molecule has 0 aromatic rings. The lowest BCUT2D eigenvalue weighted by Crippen LogP contribution is -2.65. The van der Waals surface area contributed by atoms with Crippen LogP contribution in [0.3, 0.4) is 0 Å². The standard InChI is InChI=1S/C38H63NO15/c1-10-28(43)52-27-18-29(44)49-21(3)26(42)14-12-11-13-25(41)20(2)17-24(15-16-40)34(35(27)48-9)54-37-32(45)31(39(7)8)33(22(4)51-37)53-30-19-38(6,47)36(46)23(5)50-30/h11-14,16,20-27,30-37,41-42,45-47H,10,15,17-19H2,1-9H3/b13-11+,14-12+/t20-,21-,22-,23+,24+,25+,26?,27-,30+,31-,32-,33-,34+,35?,36+,37+,38-/m1/s1. The molecule has 54 heavy (non-hydrogen) atoms. The fourth-order valence-electron chi connectivity index (χ4n) is 7.37. The summed E-state index contributed by atoms with van der Waals surface area (Å²) >= 11 is 0. The van der Waals surface area contributed by atoms with Gasteiger partial charge in [0.15, 0.2) is 12.6 Å². The summed E-state index contributed by atoms with van der Waals surface area (Å²) in [5.74, 6) is -2.64. The van der Waals surface area contributed by atoms with E-state index in [1.807, 2.05) is 0 Å². The molecule has 0 aliphatic carbocycles. The highest BCUT2D eigenvalue weighted by Crippen LogP contribution is 2.37. The Morgan fingerprint density at radius 3 is 2.19 bits per heavy atom. The second-order valence-electron chi connectivity index (χ2n) is 15.2. The second kappa shape index (κ2) is 20.7. The SMILES string of the molecule is CCC(=O)O[C@@H]1CC(=O)O[C@H](C)C(O)/C=C/C=C/[C@H](O)[C@H](C)C[C@H](CC=O)[C@H](O[C@@H]2O[C@H](C)[C@@H](O[C@H]3C[C@@](C)(O)[C@@H](O)[C@H](C)O3)[C@H](N(C)C)[C@H]2O)C1OC. The zero-order chi connectivity index (χ0) is 40.5. The van der Waals surface area contributed by atoms with E-state index in [1.165, 1.54) is 39.2 Å². The fourth-order valence-corrected chi connectivity index (χ4v) is 7.37. The number of carbonyl (C=O) groups is 3. The van der Waals surface area contributed by atoms with Crippen molar-refractivity contribution in [2.75, 3.05) is 21.2 Å². The van der Waals surface area contributed by atoms with Gasteiger partial charge >= 0.3 is 11.9 Å². The summed E-state index contributed by atoms with van der Waals surface area (Å²) < 4.78 is 42.3. The van der Waals surface area contributed by atoms with Gasteiger partial charge in [-0.1, -0.05) is 38.2 Å². The van der Waals surface area contributed by atoms with Crippen LogP contribution >= 0.6 is 0 Å². The van der Waals surface area contributed by atoms with E-state index in [0.717, 1.165) is 0 Å². The molecule has 3 aliphatic heterocycles. The van der Waals surface area contributed by atoms with Crippen LogP contribution in [0.25, 0.3) is 0 Å². The highest BCUT2D eigenvalue weighted by Gasteiger charge is 2.52. The summed E-state index contributed by atoms with van der Waals surface area (Å²) in [5.41, 5.74) is -1.49. The van der Waals surface area contributed by atoms with Crippen molar-refractivity contribution in [3.8, 4) is 0 Å². The Kier molecular flexibility index (Phi) is 17.7. The van der Waals surface area contributed by atoms with Gasteiger partial charge < -0.3 is 68.4 Å². The third-order valence-corrected chi connectivity index (χ3v) is 10.6. The molecule has 310 valence electrons. The van der Waals surface area contributed by atoms with E-state index in [-0.39, 0.29) is 25.7 Å². The van der Waals surface area contributed by atoms with Gasteiger partial charge in [-0.25, -0.2) is 0 Å². The molecule has 5 N–H and O–H groups in total. The van der Waals surface area contributed by atoms with Crippen molar-refractivity contribution in [1.29, 1.82) is 0 Å². The Bertz CT molecular complexity index is 1260. The molecule has 0 amide bonds. The van der Waals surface area contributed by atoms with Crippen molar-refractivity contribution in [2.24, 2.45) is 11.8 Å². The van der Waals surface area contributed by atoms with Gasteiger partial charge in [-0.15, -0.1) is 0 Å². The molecular weight excluding hydrogens is 710 g/mol. The summed E-state index contributed by atoms with van der Waals surface area (Å²) in [4.78, 5) is 40.0. The number of ether oxygens (including phenoxy) is 7. The molecule has 2 unspecified atom stereocenters. The van der Waals surface area contributed by atoms with E-state index in [9.17, 15) is 39.9 Å². The Balaban J connectivity index is 2.06. The minimum atomic E-state index is -1.49. The van der Waals surface area contributed by atoms with Gasteiger partial charge in [-0.3, -0.25) is 9.59 Å². The van der Waals surface area contributed by atoms with Crippen LogP contribution in [0.4, 0.5) is 0 Å². The number of methoxy groups -OCH3 is 1. The minimum absolute atomic E-state index is 0.0352. The van der Waals surface area contributed by atoms with Crippen molar-refractivity contribution >= 4 is 18.2 Å². The first-order valence-corrected chi connectivity index (χ1v) is 18.8. The number of cyclic esters (lactones) is 1. The molecule has 0 radical (unpaired) electrons. The number of aliphatic hydroxyl groups is 5. The second-order valence-corrected chi connectivity index (χ2v) is 15.2. The van der Waals surface area contributed by atoms with Crippen molar-refractivity contribution in [1.82, 2.24) is 4.90 Å². The summed E-state index contributed by atoms with van der Waals surface area (Å²) in [6.45, 7) is 9.69. The fraction of sp³-hybridized carbons (Fsp3) is 0.816. The lowest BCUT2D eigenvalue weighted by molar-refractivity contribution is -0.344. The predicted octanol–water partition coefficient (Wildman–Crippen LogP) is 0.777. The number of aldehydes is 1. The Morgan fingerprint density at radius 2 is 1.61 bits per heavy atom. The van der Waals surface area contributed by atoms with Crippen LogP contribution in [-0.4, -0.2) is 161 Å². The maximum absolute atomic E-state index is 13.3. The molecule has 16 nitrogen and oxygen atoms in total. The molecule has 3 aliphatic rings. The Hall–Kier alpha value is -2.35. The maximum atomic E-state index is 13.3.